The predicted molar refractivity (Wildman–Crippen MR) is 133 cm³/mol. The Balaban J connectivity index is 1.64. The molecule has 0 aliphatic carbocycles. The SMILES string of the molecule is CCOc1cc(NC(=O)c2ccc3ccccc3n2)c(OCC)cc1NC(=O)c1ccccc1. The van der Waals surface area contributed by atoms with Crippen molar-refractivity contribution < 1.29 is 19.1 Å². The number of aromatic nitrogens is 1. The summed E-state index contributed by atoms with van der Waals surface area (Å²) in [6.07, 6.45) is 0. The third-order valence-corrected chi connectivity index (χ3v) is 5.04. The van der Waals surface area contributed by atoms with E-state index in [1.54, 1.807) is 42.5 Å². The van der Waals surface area contributed by atoms with Gasteiger partial charge in [-0.25, -0.2) is 4.98 Å². The van der Waals surface area contributed by atoms with Gasteiger partial charge < -0.3 is 20.1 Å². The van der Waals surface area contributed by atoms with Gasteiger partial charge in [-0.2, -0.15) is 0 Å². The van der Waals surface area contributed by atoms with Gasteiger partial charge in [-0.3, -0.25) is 9.59 Å². The molecular formula is C27H25N3O4. The molecule has 0 radical (unpaired) electrons. The van der Waals surface area contributed by atoms with E-state index in [2.05, 4.69) is 15.6 Å². The number of pyridine rings is 1. The van der Waals surface area contributed by atoms with Gasteiger partial charge in [0.05, 0.1) is 30.1 Å². The van der Waals surface area contributed by atoms with Crippen LogP contribution >= 0.6 is 0 Å². The van der Waals surface area contributed by atoms with Gasteiger partial charge in [0.2, 0.25) is 0 Å². The lowest BCUT2D eigenvalue weighted by atomic mass is 10.1. The fourth-order valence-corrected chi connectivity index (χ4v) is 3.47. The summed E-state index contributed by atoms with van der Waals surface area (Å²) in [5, 5.41) is 6.69. The van der Waals surface area contributed by atoms with Crippen LogP contribution < -0.4 is 20.1 Å². The van der Waals surface area contributed by atoms with Gasteiger partial charge in [-0.05, 0) is 38.1 Å². The van der Waals surface area contributed by atoms with Crippen molar-refractivity contribution in [1.82, 2.24) is 4.98 Å². The molecule has 2 N–H and O–H groups in total. The third-order valence-electron chi connectivity index (χ3n) is 5.04. The van der Waals surface area contributed by atoms with E-state index in [0.29, 0.717) is 41.7 Å². The van der Waals surface area contributed by atoms with E-state index in [1.807, 2.05) is 50.2 Å². The van der Waals surface area contributed by atoms with Crippen molar-refractivity contribution >= 4 is 34.1 Å². The minimum Gasteiger partial charge on any atom is -0.492 e. The number of fused-ring (bicyclic) bond motifs is 1. The molecular weight excluding hydrogens is 430 g/mol. The van der Waals surface area contributed by atoms with Crippen molar-refractivity contribution in [3.63, 3.8) is 0 Å². The minimum atomic E-state index is -0.379. The fraction of sp³-hybridized carbons (Fsp3) is 0.148. The summed E-state index contributed by atoms with van der Waals surface area (Å²) < 4.78 is 11.5. The molecule has 0 bridgehead atoms. The highest BCUT2D eigenvalue weighted by molar-refractivity contribution is 6.07. The average Bonchev–Trinajstić information content (AvgIpc) is 2.86. The first-order valence-corrected chi connectivity index (χ1v) is 11.1. The first-order valence-electron chi connectivity index (χ1n) is 11.1. The standard InChI is InChI=1S/C27H25N3O4/c1-3-33-24-17-23(30-27(32)21-15-14-18-10-8-9-13-20(18)28-21)25(34-4-2)16-22(24)29-26(31)19-11-6-5-7-12-19/h5-17H,3-4H2,1-2H3,(H,29,31)(H,30,32). The van der Waals surface area contributed by atoms with Crippen molar-refractivity contribution in [2.24, 2.45) is 0 Å². The first-order chi connectivity index (χ1) is 16.6. The quantitative estimate of drug-likeness (QED) is 0.364. The Morgan fingerprint density at radius 1 is 0.735 bits per heavy atom. The molecule has 3 aromatic carbocycles. The topological polar surface area (TPSA) is 89.6 Å². The molecule has 0 aliphatic rings. The van der Waals surface area contributed by atoms with E-state index in [-0.39, 0.29) is 17.5 Å². The number of hydrogen-bond acceptors (Lipinski definition) is 5. The van der Waals surface area contributed by atoms with Crippen molar-refractivity contribution in [2.45, 2.75) is 13.8 Å². The molecule has 34 heavy (non-hydrogen) atoms. The minimum absolute atomic E-state index is 0.277. The Morgan fingerprint density at radius 3 is 1.97 bits per heavy atom. The molecule has 172 valence electrons. The summed E-state index contributed by atoms with van der Waals surface area (Å²) in [5.41, 5.74) is 2.39. The molecule has 7 nitrogen and oxygen atoms in total. The zero-order chi connectivity index (χ0) is 23.9. The maximum absolute atomic E-state index is 13.0. The first kappa shape index (κ1) is 22.8. The molecule has 0 spiro atoms. The van der Waals surface area contributed by atoms with Crippen molar-refractivity contribution in [3.8, 4) is 11.5 Å². The van der Waals surface area contributed by atoms with E-state index in [0.717, 1.165) is 10.9 Å². The molecule has 2 amide bonds. The highest BCUT2D eigenvalue weighted by Gasteiger charge is 2.18. The Morgan fingerprint density at radius 2 is 1.32 bits per heavy atom. The number of nitrogens with one attached hydrogen (secondary N) is 2. The Bertz CT molecular complexity index is 1320. The number of carbonyl (C=O) groups is 2. The normalized spacial score (nSPS) is 10.5. The lowest BCUT2D eigenvalue weighted by Gasteiger charge is -2.18. The molecule has 0 unspecified atom stereocenters. The number of carbonyl (C=O) groups excluding carboxylic acids is 2. The molecule has 0 atom stereocenters. The molecule has 1 aromatic heterocycles. The van der Waals surface area contributed by atoms with Gasteiger partial charge in [-0.15, -0.1) is 0 Å². The number of ether oxygens (including phenoxy) is 2. The van der Waals surface area contributed by atoms with Crippen molar-refractivity contribution in [1.29, 1.82) is 0 Å². The second-order valence-electron chi connectivity index (χ2n) is 7.37. The molecule has 4 aromatic rings. The van der Waals surface area contributed by atoms with Crippen LogP contribution in [0.5, 0.6) is 11.5 Å². The molecule has 0 fully saturated rings. The zero-order valence-electron chi connectivity index (χ0n) is 19.0. The molecule has 4 rings (SSSR count). The van der Waals surface area contributed by atoms with Crippen LogP contribution in [0.2, 0.25) is 0 Å². The fourth-order valence-electron chi connectivity index (χ4n) is 3.47. The summed E-state index contributed by atoms with van der Waals surface area (Å²) in [4.78, 5) is 30.2. The molecule has 0 aliphatic heterocycles. The van der Waals surface area contributed by atoms with Crippen LogP contribution in [0, 0.1) is 0 Å². The van der Waals surface area contributed by atoms with Crippen LogP contribution in [-0.2, 0) is 0 Å². The summed E-state index contributed by atoms with van der Waals surface area (Å²) in [6, 6.07) is 23.3. The Kier molecular flexibility index (Phi) is 7.03. The van der Waals surface area contributed by atoms with Gasteiger partial charge in [0, 0.05) is 23.1 Å². The van der Waals surface area contributed by atoms with E-state index in [4.69, 9.17) is 9.47 Å². The highest BCUT2D eigenvalue weighted by atomic mass is 16.5. The van der Waals surface area contributed by atoms with Crippen LogP contribution in [0.4, 0.5) is 11.4 Å². The van der Waals surface area contributed by atoms with E-state index in [9.17, 15) is 9.59 Å². The monoisotopic (exact) mass is 455 g/mol. The van der Waals surface area contributed by atoms with E-state index < -0.39 is 0 Å². The van der Waals surface area contributed by atoms with E-state index in [1.165, 1.54) is 0 Å². The zero-order valence-corrected chi connectivity index (χ0v) is 19.0. The van der Waals surface area contributed by atoms with Gasteiger partial charge in [0.1, 0.15) is 17.2 Å². The van der Waals surface area contributed by atoms with Gasteiger partial charge >= 0.3 is 0 Å². The van der Waals surface area contributed by atoms with E-state index >= 15 is 0 Å². The van der Waals surface area contributed by atoms with Crippen molar-refractivity contribution in [3.05, 3.63) is 90.1 Å². The number of anilines is 2. The summed E-state index contributed by atoms with van der Waals surface area (Å²) in [5.74, 6) is 0.164. The number of amides is 2. The maximum atomic E-state index is 13.0. The molecule has 1 heterocycles. The maximum Gasteiger partial charge on any atom is 0.274 e. The number of nitrogens with zero attached hydrogens (tertiary/aromatic N) is 1. The van der Waals surface area contributed by atoms with Crippen LogP contribution in [0.3, 0.4) is 0 Å². The number of rotatable bonds is 8. The van der Waals surface area contributed by atoms with Gasteiger partial charge in [-0.1, -0.05) is 42.5 Å². The van der Waals surface area contributed by atoms with Crippen LogP contribution in [0.15, 0.2) is 78.9 Å². The average molecular weight is 456 g/mol. The third kappa shape index (κ3) is 5.15. The second-order valence-corrected chi connectivity index (χ2v) is 7.37. The second kappa shape index (κ2) is 10.5. The number of para-hydroxylation sites is 1. The number of hydrogen-bond donors (Lipinski definition) is 2. The highest BCUT2D eigenvalue weighted by Crippen LogP contribution is 2.37. The van der Waals surface area contributed by atoms with Crippen LogP contribution in [0.1, 0.15) is 34.7 Å². The molecule has 0 saturated heterocycles. The number of benzene rings is 3. The molecule has 7 heteroatoms. The van der Waals surface area contributed by atoms with Gasteiger partial charge in [0.15, 0.2) is 0 Å². The van der Waals surface area contributed by atoms with Crippen LogP contribution in [0.25, 0.3) is 10.9 Å². The predicted octanol–water partition coefficient (Wildman–Crippen LogP) is 5.54. The largest absolute Gasteiger partial charge is 0.492 e. The summed E-state index contributed by atoms with van der Waals surface area (Å²) in [6.45, 7) is 4.44. The van der Waals surface area contributed by atoms with Crippen molar-refractivity contribution in [2.75, 3.05) is 23.8 Å². The molecule has 0 saturated carbocycles. The summed E-state index contributed by atoms with van der Waals surface area (Å²) >= 11 is 0. The smallest absolute Gasteiger partial charge is 0.274 e. The lowest BCUT2D eigenvalue weighted by Crippen LogP contribution is -2.16. The van der Waals surface area contributed by atoms with Gasteiger partial charge in [0.25, 0.3) is 11.8 Å². The Labute approximate surface area is 197 Å². The summed E-state index contributed by atoms with van der Waals surface area (Å²) in [7, 11) is 0. The Hall–Kier alpha value is -4.39. The van der Waals surface area contributed by atoms with Crippen LogP contribution in [-0.4, -0.2) is 30.0 Å². The lowest BCUT2D eigenvalue weighted by molar-refractivity contribution is 0.101.